The van der Waals surface area contributed by atoms with Gasteiger partial charge in [-0.2, -0.15) is 0 Å². The molecule has 0 aliphatic carbocycles. The molecule has 1 saturated heterocycles. The van der Waals surface area contributed by atoms with Crippen molar-refractivity contribution in [1.82, 2.24) is 4.68 Å². The fraction of sp³-hybridized carbons (Fsp3) is 0.308. The van der Waals surface area contributed by atoms with Crippen molar-refractivity contribution in [2.24, 2.45) is 0 Å². The smallest absolute Gasteiger partial charge is 0.343 e. The summed E-state index contributed by atoms with van der Waals surface area (Å²) in [5, 5.41) is 2.01. The topological polar surface area (TPSA) is 60.8 Å². The molecule has 2 aliphatic heterocycles. The van der Waals surface area contributed by atoms with Crippen molar-refractivity contribution in [3.05, 3.63) is 87.7 Å². The van der Waals surface area contributed by atoms with Gasteiger partial charge in [-0.05, 0) is 49.6 Å². The second kappa shape index (κ2) is 7.96. The first-order chi connectivity index (χ1) is 15.8. The molecule has 0 radical (unpaired) electrons. The Balaban J connectivity index is 1.63. The van der Waals surface area contributed by atoms with Gasteiger partial charge in [0.25, 0.3) is 0 Å². The summed E-state index contributed by atoms with van der Waals surface area (Å²) >= 11 is 6.90. The molecule has 2 atom stereocenters. The number of hydrogen-bond acceptors (Lipinski definition) is 5. The van der Waals surface area contributed by atoms with Crippen molar-refractivity contribution in [3.8, 4) is 17.0 Å². The summed E-state index contributed by atoms with van der Waals surface area (Å²) in [5.41, 5.74) is 3.04. The Kier molecular flexibility index (Phi) is 5.20. The quantitative estimate of drug-likeness (QED) is 0.415. The van der Waals surface area contributed by atoms with Gasteiger partial charge in [-0.15, -0.1) is 11.6 Å². The molecule has 1 unspecified atom stereocenters. The molecule has 5 rings (SSSR count). The highest BCUT2D eigenvalue weighted by Gasteiger charge is 2.50. The van der Waals surface area contributed by atoms with Gasteiger partial charge < -0.3 is 9.47 Å². The standard InChI is InChI=1S/C26H25ClN2O4/c1-26(2)13-21(27)24-19-11-17(33-15-16-7-5-4-6-8-16)9-10-18(19)22-12-23(30)20(25(31)32-3)14-28(22)29(24)26/h4-12,14,21,24H,13,15H2,1-3H3/t21-,24?/m1/s1. The Morgan fingerprint density at radius 2 is 1.91 bits per heavy atom. The average molecular weight is 465 g/mol. The van der Waals surface area contributed by atoms with Crippen LogP contribution in [-0.4, -0.2) is 28.7 Å². The SMILES string of the molecule is COC(=O)c1cn2c(cc1=O)-c1ccc(OCc3ccccc3)cc1C1[C@H](Cl)CC(C)(C)N12. The van der Waals surface area contributed by atoms with E-state index in [1.165, 1.54) is 13.2 Å². The molecule has 1 fully saturated rings. The van der Waals surface area contributed by atoms with Gasteiger partial charge in [-0.25, -0.2) is 4.79 Å². The Hall–Kier alpha value is -3.25. The number of carbonyl (C=O) groups excluding carboxylic acids is 1. The Bertz CT molecular complexity index is 1290. The number of alkyl halides is 1. The van der Waals surface area contributed by atoms with Crippen LogP contribution in [0.1, 0.15) is 47.8 Å². The molecule has 170 valence electrons. The largest absolute Gasteiger partial charge is 0.489 e. The minimum atomic E-state index is -0.651. The summed E-state index contributed by atoms with van der Waals surface area (Å²) < 4.78 is 12.8. The Morgan fingerprint density at radius 3 is 2.64 bits per heavy atom. The van der Waals surface area contributed by atoms with Crippen LogP contribution < -0.4 is 15.2 Å². The molecule has 7 heteroatoms. The first kappa shape index (κ1) is 21.6. The molecule has 3 aromatic rings. The molecule has 0 saturated carbocycles. The van der Waals surface area contributed by atoms with E-state index in [0.717, 1.165) is 28.9 Å². The highest BCUT2D eigenvalue weighted by atomic mass is 35.5. The predicted octanol–water partition coefficient (Wildman–Crippen LogP) is 4.66. The first-order valence-corrected chi connectivity index (χ1v) is 11.3. The normalized spacial score (nSPS) is 19.9. The number of ether oxygens (including phenoxy) is 2. The van der Waals surface area contributed by atoms with Crippen LogP contribution >= 0.6 is 11.6 Å². The molecular formula is C26H25ClN2O4. The average Bonchev–Trinajstić information content (AvgIpc) is 3.06. The van der Waals surface area contributed by atoms with Crippen LogP contribution in [0, 0.1) is 0 Å². The van der Waals surface area contributed by atoms with Gasteiger partial charge in [0.05, 0.1) is 29.8 Å². The Labute approximate surface area is 197 Å². The number of carbonyl (C=O) groups is 1. The van der Waals surface area contributed by atoms with Gasteiger partial charge in [0, 0.05) is 17.8 Å². The van der Waals surface area contributed by atoms with E-state index in [2.05, 4.69) is 18.9 Å². The van der Waals surface area contributed by atoms with E-state index >= 15 is 0 Å². The number of methoxy groups -OCH3 is 1. The summed E-state index contributed by atoms with van der Waals surface area (Å²) in [6, 6.07) is 17.2. The highest BCUT2D eigenvalue weighted by molar-refractivity contribution is 6.21. The summed E-state index contributed by atoms with van der Waals surface area (Å²) in [7, 11) is 1.27. The van der Waals surface area contributed by atoms with Gasteiger partial charge >= 0.3 is 5.97 Å². The van der Waals surface area contributed by atoms with Crippen molar-refractivity contribution in [2.75, 3.05) is 12.1 Å². The lowest BCUT2D eigenvalue weighted by molar-refractivity contribution is 0.0598. The second-order valence-electron chi connectivity index (χ2n) is 9.12. The maximum Gasteiger partial charge on any atom is 0.343 e. The van der Waals surface area contributed by atoms with Gasteiger partial charge in [0.2, 0.25) is 0 Å². The van der Waals surface area contributed by atoms with Crippen LogP contribution in [0.15, 0.2) is 65.6 Å². The maximum atomic E-state index is 12.8. The lowest BCUT2D eigenvalue weighted by Gasteiger charge is -2.44. The monoisotopic (exact) mass is 464 g/mol. The predicted molar refractivity (Wildman–Crippen MR) is 128 cm³/mol. The van der Waals surface area contributed by atoms with Gasteiger partial charge in [-0.3, -0.25) is 14.5 Å². The number of rotatable bonds is 4. The second-order valence-corrected chi connectivity index (χ2v) is 9.68. The number of benzene rings is 2. The first-order valence-electron chi connectivity index (χ1n) is 10.9. The van der Waals surface area contributed by atoms with E-state index in [-0.39, 0.29) is 28.0 Å². The lowest BCUT2D eigenvalue weighted by atomic mass is 9.93. The third kappa shape index (κ3) is 3.59. The third-order valence-corrected chi connectivity index (χ3v) is 6.85. The number of fused-ring (bicyclic) bond motifs is 6. The minimum absolute atomic E-state index is 0.0000806. The summed E-state index contributed by atoms with van der Waals surface area (Å²) in [5.74, 6) is 0.0924. The minimum Gasteiger partial charge on any atom is -0.489 e. The lowest BCUT2D eigenvalue weighted by Crippen LogP contribution is -2.50. The highest BCUT2D eigenvalue weighted by Crippen LogP contribution is 2.50. The van der Waals surface area contributed by atoms with E-state index in [4.69, 9.17) is 21.1 Å². The zero-order valence-electron chi connectivity index (χ0n) is 18.7. The van der Waals surface area contributed by atoms with Crippen molar-refractivity contribution >= 4 is 17.6 Å². The van der Waals surface area contributed by atoms with Crippen molar-refractivity contribution in [2.45, 2.75) is 43.8 Å². The van der Waals surface area contributed by atoms with Crippen LogP contribution in [-0.2, 0) is 11.3 Å². The van der Waals surface area contributed by atoms with E-state index in [1.807, 2.05) is 53.2 Å². The van der Waals surface area contributed by atoms with E-state index in [0.29, 0.717) is 12.3 Å². The Morgan fingerprint density at radius 1 is 1.15 bits per heavy atom. The van der Waals surface area contributed by atoms with Crippen molar-refractivity contribution < 1.29 is 14.3 Å². The molecule has 0 amide bonds. The van der Waals surface area contributed by atoms with Crippen LogP contribution in [0.3, 0.4) is 0 Å². The fourth-order valence-electron chi connectivity index (χ4n) is 4.98. The number of nitrogens with zero attached hydrogens (tertiary/aromatic N) is 2. The van der Waals surface area contributed by atoms with Crippen LogP contribution in [0.5, 0.6) is 5.75 Å². The number of halogens is 1. The van der Waals surface area contributed by atoms with E-state index in [1.54, 1.807) is 6.20 Å². The number of hydrogen-bond donors (Lipinski definition) is 0. The van der Waals surface area contributed by atoms with E-state index in [9.17, 15) is 9.59 Å². The zero-order chi connectivity index (χ0) is 23.3. The molecular weight excluding hydrogens is 440 g/mol. The molecule has 33 heavy (non-hydrogen) atoms. The van der Waals surface area contributed by atoms with Crippen molar-refractivity contribution in [1.29, 1.82) is 0 Å². The van der Waals surface area contributed by atoms with Gasteiger partial charge in [-0.1, -0.05) is 30.3 Å². The molecule has 0 bridgehead atoms. The van der Waals surface area contributed by atoms with Gasteiger partial charge in [0.1, 0.15) is 17.9 Å². The van der Waals surface area contributed by atoms with Crippen molar-refractivity contribution in [3.63, 3.8) is 0 Å². The molecule has 3 heterocycles. The number of aromatic nitrogens is 1. The summed E-state index contributed by atoms with van der Waals surface area (Å²) in [4.78, 5) is 25.0. The molecule has 1 aromatic heterocycles. The molecule has 2 aromatic carbocycles. The molecule has 6 nitrogen and oxygen atoms in total. The summed E-state index contributed by atoms with van der Waals surface area (Å²) in [6.07, 6.45) is 2.32. The molecule has 0 N–H and O–H groups in total. The molecule has 2 aliphatic rings. The van der Waals surface area contributed by atoms with Crippen LogP contribution in [0.2, 0.25) is 0 Å². The molecule has 0 spiro atoms. The van der Waals surface area contributed by atoms with Gasteiger partial charge in [0.15, 0.2) is 5.43 Å². The van der Waals surface area contributed by atoms with Crippen LogP contribution in [0.25, 0.3) is 11.3 Å². The zero-order valence-corrected chi connectivity index (χ0v) is 19.5. The van der Waals surface area contributed by atoms with E-state index < -0.39 is 5.97 Å². The fourth-order valence-corrected chi connectivity index (χ4v) is 5.60. The summed E-state index contributed by atoms with van der Waals surface area (Å²) in [6.45, 7) is 4.69. The third-order valence-electron chi connectivity index (χ3n) is 6.46. The number of pyridine rings is 1. The maximum absolute atomic E-state index is 12.8. The number of esters is 1. The van der Waals surface area contributed by atoms with Crippen LogP contribution in [0.4, 0.5) is 0 Å².